The number of ketones is 1. The van der Waals surface area contributed by atoms with Gasteiger partial charge in [-0.1, -0.05) is 19.3 Å². The quantitative estimate of drug-likeness (QED) is 0.789. The molecule has 1 amide bonds. The third-order valence-electron chi connectivity index (χ3n) is 4.01. The lowest BCUT2D eigenvalue weighted by atomic mass is 9.80. The summed E-state index contributed by atoms with van der Waals surface area (Å²) < 4.78 is 5.34. The van der Waals surface area contributed by atoms with Gasteiger partial charge >= 0.3 is 6.09 Å². The largest absolute Gasteiger partial charge is 0.444 e. The molecule has 1 saturated carbocycles. The molecule has 2 fully saturated rings. The van der Waals surface area contributed by atoms with E-state index in [1.54, 1.807) is 4.90 Å². The lowest BCUT2D eigenvalue weighted by Gasteiger charge is -2.26. The fourth-order valence-corrected chi connectivity index (χ4v) is 2.66. The van der Waals surface area contributed by atoms with Crippen LogP contribution in [0.3, 0.4) is 0 Å². The van der Waals surface area contributed by atoms with Crippen molar-refractivity contribution < 1.29 is 14.3 Å². The van der Waals surface area contributed by atoms with E-state index in [9.17, 15) is 9.59 Å². The summed E-state index contributed by atoms with van der Waals surface area (Å²) in [7, 11) is 0. The van der Waals surface area contributed by atoms with Crippen molar-refractivity contribution >= 4 is 11.9 Å². The van der Waals surface area contributed by atoms with Crippen LogP contribution in [0.5, 0.6) is 0 Å². The Morgan fingerprint density at radius 1 is 1.21 bits per heavy atom. The first-order chi connectivity index (χ1) is 8.85. The van der Waals surface area contributed by atoms with Gasteiger partial charge in [0, 0.05) is 25.4 Å². The number of rotatable bonds is 3. The average molecular weight is 267 g/mol. The van der Waals surface area contributed by atoms with Crippen molar-refractivity contribution in [3.05, 3.63) is 0 Å². The van der Waals surface area contributed by atoms with Gasteiger partial charge in [-0.15, -0.1) is 0 Å². The average Bonchev–Trinajstić information content (AvgIpc) is 2.69. The Morgan fingerprint density at radius 2 is 1.89 bits per heavy atom. The lowest BCUT2D eigenvalue weighted by molar-refractivity contribution is -0.124. The highest BCUT2D eigenvalue weighted by atomic mass is 16.6. The Labute approximate surface area is 115 Å². The van der Waals surface area contributed by atoms with Gasteiger partial charge in [-0.3, -0.25) is 4.79 Å². The van der Waals surface area contributed by atoms with Gasteiger partial charge in [-0.2, -0.15) is 0 Å². The third-order valence-corrected chi connectivity index (χ3v) is 4.01. The molecule has 1 aliphatic heterocycles. The predicted octanol–water partition coefficient (Wildman–Crippen LogP) is 3.00. The zero-order valence-corrected chi connectivity index (χ0v) is 12.3. The molecule has 2 rings (SSSR count). The molecule has 108 valence electrons. The molecule has 1 heterocycles. The maximum absolute atomic E-state index is 12.1. The van der Waals surface area contributed by atoms with Crippen LogP contribution in [0.15, 0.2) is 0 Å². The highest BCUT2D eigenvalue weighted by Crippen LogP contribution is 2.32. The first-order valence-corrected chi connectivity index (χ1v) is 7.36. The van der Waals surface area contributed by atoms with Crippen molar-refractivity contribution in [3.63, 3.8) is 0 Å². The van der Waals surface area contributed by atoms with Crippen molar-refractivity contribution in [2.24, 2.45) is 11.8 Å². The van der Waals surface area contributed by atoms with Crippen LogP contribution in [0.4, 0.5) is 4.79 Å². The zero-order chi connectivity index (χ0) is 14.0. The number of ether oxygens (including phenoxy) is 1. The van der Waals surface area contributed by atoms with Crippen LogP contribution < -0.4 is 0 Å². The number of carbonyl (C=O) groups excluding carboxylic acids is 2. The third kappa shape index (κ3) is 3.95. The van der Waals surface area contributed by atoms with E-state index >= 15 is 0 Å². The molecule has 0 N–H and O–H groups in total. The molecule has 0 bridgehead atoms. The Kier molecular flexibility index (Phi) is 4.16. The summed E-state index contributed by atoms with van der Waals surface area (Å²) in [6.45, 7) is 6.77. The van der Waals surface area contributed by atoms with E-state index in [0.29, 0.717) is 31.2 Å². The predicted molar refractivity (Wildman–Crippen MR) is 72.9 cm³/mol. The highest BCUT2D eigenvalue weighted by molar-refractivity contribution is 5.83. The van der Waals surface area contributed by atoms with Gasteiger partial charge in [-0.25, -0.2) is 4.79 Å². The Hall–Kier alpha value is -1.06. The molecular weight excluding hydrogens is 242 g/mol. The van der Waals surface area contributed by atoms with Crippen LogP contribution in [0.25, 0.3) is 0 Å². The first-order valence-electron chi connectivity index (χ1n) is 7.36. The summed E-state index contributed by atoms with van der Waals surface area (Å²) in [4.78, 5) is 25.7. The molecule has 4 heteroatoms. The van der Waals surface area contributed by atoms with Gasteiger partial charge in [0.15, 0.2) is 0 Å². The number of Topliss-reactive ketones (excluding diaryl/α,β-unsaturated/α-hetero) is 1. The van der Waals surface area contributed by atoms with Gasteiger partial charge in [0.2, 0.25) is 0 Å². The summed E-state index contributed by atoms with van der Waals surface area (Å²) >= 11 is 0. The van der Waals surface area contributed by atoms with E-state index in [1.165, 1.54) is 19.3 Å². The van der Waals surface area contributed by atoms with Gasteiger partial charge in [0.25, 0.3) is 0 Å². The fourth-order valence-electron chi connectivity index (χ4n) is 2.66. The first kappa shape index (κ1) is 14.4. The van der Waals surface area contributed by atoms with Crippen LogP contribution in [-0.4, -0.2) is 35.5 Å². The zero-order valence-electron chi connectivity index (χ0n) is 12.3. The molecule has 2 aliphatic rings. The highest BCUT2D eigenvalue weighted by Gasteiger charge is 2.34. The molecule has 0 aromatic carbocycles. The molecular formula is C15H25NO3. The summed E-state index contributed by atoms with van der Waals surface area (Å²) in [5, 5.41) is 0. The van der Waals surface area contributed by atoms with Crippen molar-refractivity contribution in [2.45, 2.75) is 58.5 Å². The van der Waals surface area contributed by atoms with E-state index in [1.807, 2.05) is 20.8 Å². The normalized spacial score (nSPS) is 24.2. The second-order valence-corrected chi connectivity index (χ2v) is 6.88. The maximum Gasteiger partial charge on any atom is 0.410 e. The van der Waals surface area contributed by atoms with Crippen LogP contribution >= 0.6 is 0 Å². The number of hydrogen-bond acceptors (Lipinski definition) is 3. The van der Waals surface area contributed by atoms with E-state index in [4.69, 9.17) is 4.74 Å². The monoisotopic (exact) mass is 267 g/mol. The molecule has 0 spiro atoms. The molecule has 0 aromatic rings. The number of likely N-dealkylation sites (tertiary alicyclic amines) is 1. The number of amides is 1. The minimum absolute atomic E-state index is 0.0353. The molecule has 19 heavy (non-hydrogen) atoms. The number of hydrogen-bond donors (Lipinski definition) is 0. The summed E-state index contributed by atoms with van der Waals surface area (Å²) in [6, 6.07) is 0. The molecule has 4 nitrogen and oxygen atoms in total. The van der Waals surface area contributed by atoms with Crippen molar-refractivity contribution in [1.29, 1.82) is 0 Å². The molecule has 1 unspecified atom stereocenters. The summed E-state index contributed by atoms with van der Waals surface area (Å²) in [5.74, 6) is 0.993. The van der Waals surface area contributed by atoms with Crippen LogP contribution in [0.2, 0.25) is 0 Å². The number of carbonyl (C=O) groups is 2. The van der Waals surface area contributed by atoms with Gasteiger partial charge < -0.3 is 9.64 Å². The second kappa shape index (κ2) is 5.51. The van der Waals surface area contributed by atoms with Gasteiger partial charge in [0.1, 0.15) is 11.4 Å². The molecule has 0 aromatic heterocycles. The standard InChI is InChI=1S/C15H25NO3/c1-15(2,3)19-14(18)16-8-7-12(10-16)13(17)9-11-5-4-6-11/h11-12H,4-10H2,1-3H3. The van der Waals surface area contributed by atoms with E-state index < -0.39 is 5.60 Å². The summed E-state index contributed by atoms with van der Waals surface area (Å²) in [6.07, 6.45) is 4.90. The maximum atomic E-state index is 12.1. The topological polar surface area (TPSA) is 46.6 Å². The van der Waals surface area contributed by atoms with Crippen molar-refractivity contribution in [1.82, 2.24) is 4.90 Å². The Balaban J connectivity index is 1.78. The minimum Gasteiger partial charge on any atom is -0.444 e. The van der Waals surface area contributed by atoms with Crippen LogP contribution in [0, 0.1) is 11.8 Å². The van der Waals surface area contributed by atoms with Crippen LogP contribution in [0.1, 0.15) is 52.9 Å². The van der Waals surface area contributed by atoms with E-state index in [-0.39, 0.29) is 12.0 Å². The van der Waals surface area contributed by atoms with Crippen molar-refractivity contribution in [3.8, 4) is 0 Å². The van der Waals surface area contributed by atoms with Gasteiger partial charge in [-0.05, 0) is 33.1 Å². The number of nitrogens with zero attached hydrogens (tertiary/aromatic N) is 1. The minimum atomic E-state index is -0.467. The van der Waals surface area contributed by atoms with Crippen molar-refractivity contribution in [2.75, 3.05) is 13.1 Å². The SMILES string of the molecule is CC(C)(C)OC(=O)N1CCC(C(=O)CC2CCC2)C1. The molecule has 0 radical (unpaired) electrons. The van der Waals surface area contributed by atoms with E-state index in [2.05, 4.69) is 0 Å². The second-order valence-electron chi connectivity index (χ2n) is 6.88. The molecule has 1 aliphatic carbocycles. The fraction of sp³-hybridized carbons (Fsp3) is 0.867. The Bertz CT molecular complexity index is 355. The Morgan fingerprint density at radius 3 is 2.42 bits per heavy atom. The van der Waals surface area contributed by atoms with E-state index in [0.717, 1.165) is 6.42 Å². The molecule has 1 atom stereocenters. The van der Waals surface area contributed by atoms with Crippen LogP contribution in [-0.2, 0) is 9.53 Å². The van der Waals surface area contributed by atoms with Gasteiger partial charge in [0.05, 0.1) is 0 Å². The lowest BCUT2D eigenvalue weighted by Crippen LogP contribution is -2.36. The smallest absolute Gasteiger partial charge is 0.410 e. The molecule has 1 saturated heterocycles. The summed E-state index contributed by atoms with van der Waals surface area (Å²) in [5.41, 5.74) is -0.467.